The largest absolute Gasteiger partial charge is 0.480 e. The van der Waals surface area contributed by atoms with E-state index in [1.165, 1.54) is 0 Å². The number of carboxylic acid groups (broad SMARTS) is 1. The van der Waals surface area contributed by atoms with Gasteiger partial charge in [0.25, 0.3) is 0 Å². The highest BCUT2D eigenvalue weighted by Gasteiger charge is 2.22. The number of nitrogens with zero attached hydrogens (tertiary/aromatic N) is 2. The van der Waals surface area contributed by atoms with Crippen molar-refractivity contribution >= 4 is 33.9 Å². The highest BCUT2D eigenvalue weighted by atomic mass is 16.4. The predicted octanol–water partition coefficient (Wildman–Crippen LogP) is 3.60. The van der Waals surface area contributed by atoms with Gasteiger partial charge in [0.2, 0.25) is 0 Å². The fourth-order valence-electron chi connectivity index (χ4n) is 2.66. The maximum Gasteiger partial charge on any atom is 0.326 e. The Bertz CT molecular complexity index is 870. The second kappa shape index (κ2) is 5.87. The predicted molar refractivity (Wildman–Crippen MR) is 88.5 cm³/mol. The van der Waals surface area contributed by atoms with Crippen molar-refractivity contribution in [2.45, 2.75) is 33.2 Å². The summed E-state index contributed by atoms with van der Waals surface area (Å²) in [4.78, 5) is 20.3. The lowest BCUT2D eigenvalue weighted by Crippen LogP contribution is -2.31. The molecule has 0 aliphatic rings. The van der Waals surface area contributed by atoms with Crippen LogP contribution in [0.5, 0.6) is 0 Å². The maximum atomic E-state index is 11.5. The summed E-state index contributed by atoms with van der Waals surface area (Å²) < 4.78 is 5.84. The second-order valence-electron chi connectivity index (χ2n) is 6.06. The Kier molecular flexibility index (Phi) is 3.90. The number of rotatable bonds is 5. The van der Waals surface area contributed by atoms with Crippen molar-refractivity contribution < 1.29 is 14.3 Å². The lowest BCUT2D eigenvalue weighted by atomic mass is 10.0. The van der Waals surface area contributed by atoms with Gasteiger partial charge >= 0.3 is 5.97 Å². The Hall–Kier alpha value is -2.63. The molecule has 0 unspecified atom stereocenters. The third-order valence-corrected chi connectivity index (χ3v) is 3.65. The van der Waals surface area contributed by atoms with E-state index in [9.17, 15) is 9.90 Å². The van der Waals surface area contributed by atoms with Crippen LogP contribution in [-0.4, -0.2) is 27.1 Å². The van der Waals surface area contributed by atoms with E-state index < -0.39 is 12.0 Å². The van der Waals surface area contributed by atoms with Crippen LogP contribution in [0.3, 0.4) is 0 Å². The summed E-state index contributed by atoms with van der Waals surface area (Å²) >= 11 is 0. The van der Waals surface area contributed by atoms with Crippen LogP contribution in [0.1, 0.15) is 26.1 Å². The molecule has 1 atom stereocenters. The quantitative estimate of drug-likeness (QED) is 0.748. The molecular formula is C17H19N3O3. The van der Waals surface area contributed by atoms with E-state index in [1.54, 1.807) is 6.92 Å². The number of hydrogen-bond donors (Lipinski definition) is 2. The van der Waals surface area contributed by atoms with E-state index in [0.29, 0.717) is 34.7 Å². The first-order chi connectivity index (χ1) is 11.0. The van der Waals surface area contributed by atoms with E-state index in [-0.39, 0.29) is 5.92 Å². The molecule has 3 rings (SSSR count). The number of hydrogen-bond acceptors (Lipinski definition) is 5. The Morgan fingerprint density at radius 1 is 1.30 bits per heavy atom. The van der Waals surface area contributed by atoms with E-state index >= 15 is 0 Å². The number of fused-ring (bicyclic) bond motifs is 3. The zero-order valence-electron chi connectivity index (χ0n) is 13.3. The average molecular weight is 313 g/mol. The number of benzene rings is 1. The minimum absolute atomic E-state index is 0.248. The number of carboxylic acids is 1. The first-order valence-corrected chi connectivity index (χ1v) is 7.61. The van der Waals surface area contributed by atoms with E-state index in [1.807, 2.05) is 38.1 Å². The highest BCUT2D eigenvalue weighted by molar-refractivity contribution is 6.05. The molecule has 120 valence electrons. The lowest BCUT2D eigenvalue weighted by Gasteiger charge is -2.17. The number of furan rings is 1. The molecule has 23 heavy (non-hydrogen) atoms. The van der Waals surface area contributed by atoms with Crippen LogP contribution in [0, 0.1) is 12.8 Å². The third kappa shape index (κ3) is 2.97. The van der Waals surface area contributed by atoms with Gasteiger partial charge in [-0.3, -0.25) is 0 Å². The summed E-state index contributed by atoms with van der Waals surface area (Å²) in [7, 11) is 0. The third-order valence-electron chi connectivity index (χ3n) is 3.65. The number of carbonyl (C=O) groups is 1. The molecule has 6 nitrogen and oxygen atoms in total. The van der Waals surface area contributed by atoms with Crippen LogP contribution in [-0.2, 0) is 4.79 Å². The normalized spacial score (nSPS) is 12.9. The Morgan fingerprint density at radius 2 is 2.04 bits per heavy atom. The molecular weight excluding hydrogens is 294 g/mol. The van der Waals surface area contributed by atoms with Gasteiger partial charge in [-0.15, -0.1) is 0 Å². The monoisotopic (exact) mass is 313 g/mol. The average Bonchev–Trinajstić information content (AvgIpc) is 2.85. The minimum Gasteiger partial charge on any atom is -0.480 e. The summed E-state index contributed by atoms with van der Waals surface area (Å²) in [6.45, 7) is 5.75. The van der Waals surface area contributed by atoms with Crippen LogP contribution < -0.4 is 5.32 Å². The van der Waals surface area contributed by atoms with Crippen molar-refractivity contribution in [3.63, 3.8) is 0 Å². The van der Waals surface area contributed by atoms with Crippen LogP contribution in [0.15, 0.2) is 28.7 Å². The van der Waals surface area contributed by atoms with Gasteiger partial charge in [-0.2, -0.15) is 0 Å². The number of para-hydroxylation sites is 1. The molecule has 1 aromatic carbocycles. The molecule has 6 heteroatoms. The van der Waals surface area contributed by atoms with E-state index in [4.69, 9.17) is 4.42 Å². The number of aliphatic carboxylic acids is 1. The molecule has 3 aromatic rings. The minimum atomic E-state index is -0.903. The smallest absolute Gasteiger partial charge is 0.326 e. The number of nitrogens with one attached hydrogen (secondary N) is 1. The highest BCUT2D eigenvalue weighted by Crippen LogP contribution is 2.31. The van der Waals surface area contributed by atoms with Crippen LogP contribution in [0.25, 0.3) is 22.1 Å². The van der Waals surface area contributed by atoms with Gasteiger partial charge in [-0.1, -0.05) is 26.0 Å². The molecule has 0 saturated carbocycles. The molecule has 0 fully saturated rings. The van der Waals surface area contributed by atoms with Gasteiger partial charge in [0.1, 0.15) is 23.0 Å². The zero-order valence-corrected chi connectivity index (χ0v) is 13.3. The zero-order chi connectivity index (χ0) is 16.6. The molecule has 2 heterocycles. The van der Waals surface area contributed by atoms with Gasteiger partial charge in [0, 0.05) is 5.39 Å². The Morgan fingerprint density at radius 3 is 2.74 bits per heavy atom. The fourth-order valence-corrected chi connectivity index (χ4v) is 2.66. The van der Waals surface area contributed by atoms with Crippen molar-refractivity contribution in [2.75, 3.05) is 5.32 Å². The summed E-state index contributed by atoms with van der Waals surface area (Å²) in [5.74, 6) is 0.342. The Labute approximate surface area is 133 Å². The number of aryl methyl sites for hydroxylation is 1. The van der Waals surface area contributed by atoms with Gasteiger partial charge < -0.3 is 14.8 Å². The summed E-state index contributed by atoms with van der Waals surface area (Å²) in [6.07, 6.45) is 0.500. The summed E-state index contributed by atoms with van der Waals surface area (Å²) in [5.41, 5.74) is 1.90. The van der Waals surface area contributed by atoms with E-state index in [2.05, 4.69) is 15.3 Å². The molecule has 0 spiro atoms. The molecule has 2 aromatic heterocycles. The van der Waals surface area contributed by atoms with Crippen molar-refractivity contribution in [3.8, 4) is 0 Å². The summed E-state index contributed by atoms with van der Waals surface area (Å²) in [5, 5.41) is 13.3. The first-order valence-electron chi connectivity index (χ1n) is 7.61. The molecule has 0 amide bonds. The van der Waals surface area contributed by atoms with Crippen molar-refractivity contribution in [3.05, 3.63) is 30.1 Å². The summed E-state index contributed by atoms with van der Waals surface area (Å²) in [6, 6.07) is 6.87. The second-order valence-corrected chi connectivity index (χ2v) is 6.06. The molecule has 0 radical (unpaired) electrons. The van der Waals surface area contributed by atoms with Crippen LogP contribution in [0.4, 0.5) is 5.82 Å². The Balaban J connectivity index is 2.11. The van der Waals surface area contributed by atoms with Gasteiger partial charge in [-0.05, 0) is 31.4 Å². The van der Waals surface area contributed by atoms with E-state index in [0.717, 1.165) is 5.39 Å². The first kappa shape index (κ1) is 15.3. The number of aromatic nitrogens is 2. The topological polar surface area (TPSA) is 88.2 Å². The molecule has 0 saturated heterocycles. The number of anilines is 1. The fraction of sp³-hybridized carbons (Fsp3) is 0.353. The van der Waals surface area contributed by atoms with Crippen molar-refractivity contribution in [1.82, 2.24) is 9.97 Å². The molecule has 2 N–H and O–H groups in total. The lowest BCUT2D eigenvalue weighted by molar-refractivity contribution is -0.138. The molecule has 0 aliphatic carbocycles. The standard InChI is InChI=1S/C17H19N3O3/c1-9(2)8-12(17(21)22)20-16-15-14(18-10(3)19-16)11-6-4-5-7-13(11)23-15/h4-7,9,12H,8H2,1-3H3,(H,21,22)(H,18,19,20)/t12-/m1/s1. The van der Waals surface area contributed by atoms with Crippen LogP contribution in [0.2, 0.25) is 0 Å². The van der Waals surface area contributed by atoms with Gasteiger partial charge in [-0.25, -0.2) is 14.8 Å². The SMILES string of the molecule is Cc1nc(N[C@H](CC(C)C)C(=O)O)c2oc3ccccc3c2n1. The molecule has 0 aliphatic heterocycles. The van der Waals surface area contributed by atoms with Crippen molar-refractivity contribution in [2.24, 2.45) is 5.92 Å². The van der Waals surface area contributed by atoms with Crippen molar-refractivity contribution in [1.29, 1.82) is 0 Å². The van der Waals surface area contributed by atoms with Crippen LogP contribution >= 0.6 is 0 Å². The van der Waals surface area contributed by atoms with Gasteiger partial charge in [0.15, 0.2) is 11.4 Å². The maximum absolute atomic E-state index is 11.5. The molecule has 0 bridgehead atoms. The van der Waals surface area contributed by atoms with Gasteiger partial charge in [0.05, 0.1) is 0 Å².